The zero-order chi connectivity index (χ0) is 27.5. The number of benzene rings is 2. The van der Waals surface area contributed by atoms with Gasteiger partial charge in [0.2, 0.25) is 0 Å². The highest BCUT2D eigenvalue weighted by atomic mass is 16.5. The van der Waals surface area contributed by atoms with Gasteiger partial charge >= 0.3 is 0 Å². The molecular formula is C33H34N4O2. The summed E-state index contributed by atoms with van der Waals surface area (Å²) in [6, 6.07) is 29.5. The highest BCUT2D eigenvalue weighted by Gasteiger charge is 2.31. The van der Waals surface area contributed by atoms with Crippen LogP contribution in [0.1, 0.15) is 39.8 Å². The maximum absolute atomic E-state index is 6.40. The van der Waals surface area contributed by atoms with Gasteiger partial charge in [-0.3, -0.25) is 4.98 Å². The first-order valence-electron chi connectivity index (χ1n) is 13.1. The minimum Gasteiger partial charge on any atom is -0.488 e. The molecule has 39 heavy (non-hydrogen) atoms. The van der Waals surface area contributed by atoms with Gasteiger partial charge in [-0.15, -0.1) is 0 Å². The van der Waals surface area contributed by atoms with Crippen LogP contribution in [0.4, 0.5) is 5.69 Å². The number of nitrogens with zero attached hydrogens (tertiary/aromatic N) is 3. The Balaban J connectivity index is 1.24. The standard InChI is InChI=1S/C33H34N4O2/c1-32(2,37-21-7-8-22-37)23-33(3,4)39-27-16-12-25(13-17-27)30-19-18-29(38-30)24-10-14-26(15-11-24)36-31(34)28-9-5-6-20-35-28/h5-22H,23H2,1-4H3,(H2,34,36). The summed E-state index contributed by atoms with van der Waals surface area (Å²) >= 11 is 0. The molecule has 0 aliphatic heterocycles. The molecule has 0 unspecified atom stereocenters. The Morgan fingerprint density at radius 2 is 1.44 bits per heavy atom. The van der Waals surface area contributed by atoms with Crippen LogP contribution in [0.15, 0.2) is 119 Å². The van der Waals surface area contributed by atoms with Crippen molar-refractivity contribution in [3.63, 3.8) is 0 Å². The van der Waals surface area contributed by atoms with E-state index in [0.29, 0.717) is 11.5 Å². The molecule has 6 nitrogen and oxygen atoms in total. The number of rotatable bonds is 9. The van der Waals surface area contributed by atoms with Crippen molar-refractivity contribution < 1.29 is 9.15 Å². The van der Waals surface area contributed by atoms with Crippen LogP contribution in [-0.2, 0) is 5.54 Å². The summed E-state index contributed by atoms with van der Waals surface area (Å²) in [5.41, 5.74) is 9.05. The topological polar surface area (TPSA) is 78.6 Å². The Morgan fingerprint density at radius 3 is 2.03 bits per heavy atom. The SMILES string of the molecule is CC(C)(CC(C)(C)n1cccc1)Oc1ccc(-c2ccc(-c3ccc(N=C(N)c4ccccn4)cc3)o2)cc1. The second-order valence-corrected chi connectivity index (χ2v) is 10.9. The van der Waals surface area contributed by atoms with Crippen LogP contribution in [0.25, 0.3) is 22.6 Å². The fraction of sp³-hybridized carbons (Fsp3) is 0.212. The molecule has 0 fully saturated rings. The van der Waals surface area contributed by atoms with Gasteiger partial charge in [0.25, 0.3) is 0 Å². The molecule has 0 saturated heterocycles. The maximum Gasteiger partial charge on any atom is 0.150 e. The van der Waals surface area contributed by atoms with Gasteiger partial charge in [-0.25, -0.2) is 4.99 Å². The molecule has 6 heteroatoms. The largest absolute Gasteiger partial charge is 0.488 e. The van der Waals surface area contributed by atoms with Crippen molar-refractivity contribution in [2.24, 2.45) is 10.7 Å². The van der Waals surface area contributed by atoms with Crippen LogP contribution >= 0.6 is 0 Å². The van der Waals surface area contributed by atoms with Gasteiger partial charge < -0.3 is 19.5 Å². The molecule has 3 aromatic heterocycles. The van der Waals surface area contributed by atoms with Crippen LogP contribution in [0, 0.1) is 0 Å². The molecule has 0 saturated carbocycles. The van der Waals surface area contributed by atoms with Crippen molar-refractivity contribution in [2.75, 3.05) is 0 Å². The number of amidine groups is 1. The summed E-state index contributed by atoms with van der Waals surface area (Å²) in [4.78, 5) is 8.71. The van der Waals surface area contributed by atoms with Gasteiger partial charge in [-0.05, 0) is 113 Å². The summed E-state index contributed by atoms with van der Waals surface area (Å²) < 4.78 is 14.8. The summed E-state index contributed by atoms with van der Waals surface area (Å²) in [7, 11) is 0. The quantitative estimate of drug-likeness (QED) is 0.159. The average molecular weight is 519 g/mol. The van der Waals surface area contributed by atoms with Gasteiger partial charge in [0.15, 0.2) is 0 Å². The van der Waals surface area contributed by atoms with Crippen LogP contribution in [0.3, 0.4) is 0 Å². The molecule has 0 bridgehead atoms. The smallest absolute Gasteiger partial charge is 0.150 e. The Morgan fingerprint density at radius 1 is 0.821 bits per heavy atom. The number of nitrogens with two attached hydrogens (primary N) is 1. The number of aromatic nitrogens is 2. The van der Waals surface area contributed by atoms with Crippen LogP contribution in [0.5, 0.6) is 5.75 Å². The molecule has 3 heterocycles. The molecule has 5 aromatic rings. The zero-order valence-electron chi connectivity index (χ0n) is 22.8. The van der Waals surface area contributed by atoms with E-state index in [2.05, 4.69) is 66.8 Å². The van der Waals surface area contributed by atoms with E-state index in [1.165, 1.54) is 0 Å². The van der Waals surface area contributed by atoms with Gasteiger partial charge in [0.05, 0.1) is 5.69 Å². The van der Waals surface area contributed by atoms with Gasteiger partial charge in [0.1, 0.15) is 34.4 Å². The fourth-order valence-corrected chi connectivity index (χ4v) is 4.97. The van der Waals surface area contributed by atoms with Crippen LogP contribution in [0.2, 0.25) is 0 Å². The molecule has 0 radical (unpaired) electrons. The van der Waals surface area contributed by atoms with E-state index in [0.717, 1.165) is 40.5 Å². The van der Waals surface area contributed by atoms with Crippen molar-refractivity contribution in [2.45, 2.75) is 45.3 Å². The molecule has 2 N–H and O–H groups in total. The Labute approximate surface area is 229 Å². The second-order valence-electron chi connectivity index (χ2n) is 10.9. The highest BCUT2D eigenvalue weighted by molar-refractivity contribution is 5.97. The van der Waals surface area contributed by atoms with E-state index < -0.39 is 0 Å². The third kappa shape index (κ3) is 6.29. The molecule has 2 aromatic carbocycles. The lowest BCUT2D eigenvalue weighted by atomic mass is 9.89. The maximum atomic E-state index is 6.40. The van der Waals surface area contributed by atoms with Crippen molar-refractivity contribution in [1.29, 1.82) is 0 Å². The summed E-state index contributed by atoms with van der Waals surface area (Å²) in [5.74, 6) is 2.79. The minimum absolute atomic E-state index is 0.0617. The molecule has 5 rings (SSSR count). The lowest BCUT2D eigenvalue weighted by Gasteiger charge is -2.36. The predicted molar refractivity (Wildman–Crippen MR) is 157 cm³/mol. The van der Waals surface area contributed by atoms with Crippen LogP contribution in [-0.4, -0.2) is 21.0 Å². The molecule has 0 spiro atoms. The monoisotopic (exact) mass is 518 g/mol. The number of hydrogen-bond donors (Lipinski definition) is 1. The van der Waals surface area contributed by atoms with Gasteiger partial charge in [-0.1, -0.05) is 6.07 Å². The van der Waals surface area contributed by atoms with E-state index in [1.54, 1.807) is 6.20 Å². The third-order valence-electron chi connectivity index (χ3n) is 6.63. The number of ether oxygens (including phenoxy) is 1. The molecule has 0 atom stereocenters. The number of furan rings is 1. The lowest BCUT2D eigenvalue weighted by molar-refractivity contribution is 0.0597. The summed E-state index contributed by atoms with van der Waals surface area (Å²) in [6.07, 6.45) is 6.76. The van der Waals surface area contributed by atoms with Gasteiger partial charge in [0, 0.05) is 41.7 Å². The molecule has 198 valence electrons. The normalized spacial score (nSPS) is 12.5. The van der Waals surface area contributed by atoms with E-state index >= 15 is 0 Å². The highest BCUT2D eigenvalue weighted by Crippen LogP contribution is 2.33. The molecule has 0 aliphatic carbocycles. The van der Waals surface area contributed by atoms with Crippen molar-refractivity contribution in [3.05, 3.63) is 115 Å². The van der Waals surface area contributed by atoms with E-state index in [-0.39, 0.29) is 11.1 Å². The lowest BCUT2D eigenvalue weighted by Crippen LogP contribution is -2.39. The fourth-order valence-electron chi connectivity index (χ4n) is 4.97. The van der Waals surface area contributed by atoms with Gasteiger partial charge in [-0.2, -0.15) is 0 Å². The number of hydrogen-bond acceptors (Lipinski definition) is 4. The number of pyridine rings is 1. The second kappa shape index (κ2) is 10.7. The molecule has 0 aliphatic rings. The predicted octanol–water partition coefficient (Wildman–Crippen LogP) is 7.83. The first kappa shape index (κ1) is 26.0. The Kier molecular flexibility index (Phi) is 7.11. The van der Waals surface area contributed by atoms with Crippen molar-refractivity contribution in [3.8, 4) is 28.4 Å². The Hall–Kier alpha value is -4.58. The van der Waals surface area contributed by atoms with E-state index in [4.69, 9.17) is 14.9 Å². The summed E-state index contributed by atoms with van der Waals surface area (Å²) in [5, 5.41) is 0. The van der Waals surface area contributed by atoms with Crippen molar-refractivity contribution in [1.82, 2.24) is 9.55 Å². The van der Waals surface area contributed by atoms with Crippen LogP contribution < -0.4 is 10.5 Å². The summed E-state index contributed by atoms with van der Waals surface area (Å²) in [6.45, 7) is 8.73. The van der Waals surface area contributed by atoms with Crippen molar-refractivity contribution >= 4 is 11.5 Å². The third-order valence-corrected chi connectivity index (χ3v) is 6.63. The van der Waals surface area contributed by atoms with E-state index in [9.17, 15) is 0 Å². The first-order valence-corrected chi connectivity index (χ1v) is 13.1. The Bertz CT molecular complexity index is 1530. The molecule has 0 amide bonds. The zero-order valence-corrected chi connectivity index (χ0v) is 22.8. The average Bonchev–Trinajstić information content (AvgIpc) is 3.63. The van der Waals surface area contributed by atoms with E-state index in [1.807, 2.05) is 78.9 Å². The minimum atomic E-state index is -0.342. The first-order chi connectivity index (χ1) is 18.7. The number of aliphatic imine (C=N–C) groups is 1. The molecular weight excluding hydrogens is 484 g/mol.